The van der Waals surface area contributed by atoms with E-state index < -0.39 is 0 Å². The molecule has 2 heterocycles. The highest BCUT2D eigenvalue weighted by Gasteiger charge is 2.56. The van der Waals surface area contributed by atoms with Gasteiger partial charge in [0.25, 0.3) is 0 Å². The maximum absolute atomic E-state index is 6.01. The van der Waals surface area contributed by atoms with Crippen molar-refractivity contribution in [3.8, 4) is 0 Å². The molecule has 2 saturated carbocycles. The lowest BCUT2D eigenvalue weighted by atomic mass is 9.60. The Kier molecular flexibility index (Phi) is 4.46. The molecule has 4 heteroatoms. The van der Waals surface area contributed by atoms with Crippen LogP contribution >= 0.6 is 0 Å². The Morgan fingerprint density at radius 1 is 1.30 bits per heavy atom. The Bertz CT molecular complexity index is 509. The first-order chi connectivity index (χ1) is 11.3. The molecule has 2 unspecified atom stereocenters. The van der Waals surface area contributed by atoms with E-state index in [0.717, 1.165) is 32.5 Å². The fourth-order valence-electron chi connectivity index (χ4n) is 5.14. The van der Waals surface area contributed by atoms with Gasteiger partial charge >= 0.3 is 0 Å². The van der Waals surface area contributed by atoms with E-state index in [-0.39, 0.29) is 0 Å². The van der Waals surface area contributed by atoms with Crippen molar-refractivity contribution in [2.45, 2.75) is 83.4 Å². The van der Waals surface area contributed by atoms with E-state index in [1.807, 2.05) is 0 Å². The van der Waals surface area contributed by atoms with Gasteiger partial charge in [-0.1, -0.05) is 12.8 Å². The van der Waals surface area contributed by atoms with Gasteiger partial charge in [0.15, 0.2) is 0 Å². The Morgan fingerprint density at radius 2 is 2.17 bits per heavy atom. The van der Waals surface area contributed by atoms with Crippen LogP contribution in [0.3, 0.4) is 0 Å². The molecule has 2 aliphatic carbocycles. The van der Waals surface area contributed by atoms with Crippen molar-refractivity contribution in [2.24, 2.45) is 5.41 Å². The molecule has 128 valence electrons. The molecule has 4 rings (SSSR count). The highest BCUT2D eigenvalue weighted by atomic mass is 16.5. The summed E-state index contributed by atoms with van der Waals surface area (Å²) in [6.45, 7) is 5.21. The van der Waals surface area contributed by atoms with Crippen LogP contribution in [0.5, 0.6) is 0 Å². The molecule has 4 nitrogen and oxygen atoms in total. The van der Waals surface area contributed by atoms with Crippen LogP contribution in [-0.4, -0.2) is 34.8 Å². The zero-order valence-corrected chi connectivity index (χ0v) is 14.5. The van der Waals surface area contributed by atoms with Gasteiger partial charge in [-0.05, 0) is 39.0 Å². The Hall–Kier alpha value is -0.870. The zero-order valence-electron chi connectivity index (χ0n) is 14.5. The number of hydrogen-bond acceptors (Lipinski definition) is 3. The van der Waals surface area contributed by atoms with Crippen molar-refractivity contribution in [1.82, 2.24) is 14.9 Å². The molecule has 3 aliphatic rings. The van der Waals surface area contributed by atoms with E-state index in [0.29, 0.717) is 17.6 Å². The Balaban J connectivity index is 1.30. The van der Waals surface area contributed by atoms with E-state index in [9.17, 15) is 0 Å². The van der Waals surface area contributed by atoms with Gasteiger partial charge < -0.3 is 14.6 Å². The average Bonchev–Trinajstić information content (AvgIpc) is 3.21. The first kappa shape index (κ1) is 15.6. The number of nitrogens with one attached hydrogen (secondary N) is 1. The Labute approximate surface area is 140 Å². The van der Waals surface area contributed by atoms with Gasteiger partial charge in [-0.15, -0.1) is 0 Å². The summed E-state index contributed by atoms with van der Waals surface area (Å²) in [6, 6.07) is 0.666. The van der Waals surface area contributed by atoms with E-state index >= 15 is 0 Å². The highest BCUT2D eigenvalue weighted by Crippen LogP contribution is 2.54. The second-order valence-corrected chi connectivity index (χ2v) is 7.68. The van der Waals surface area contributed by atoms with Gasteiger partial charge in [0.2, 0.25) is 0 Å². The predicted molar refractivity (Wildman–Crippen MR) is 91.6 cm³/mol. The summed E-state index contributed by atoms with van der Waals surface area (Å²) in [4.78, 5) is 4.82. The van der Waals surface area contributed by atoms with Crippen LogP contribution < -0.4 is 5.32 Å². The molecule has 23 heavy (non-hydrogen) atoms. The van der Waals surface area contributed by atoms with E-state index in [2.05, 4.69) is 23.0 Å². The molecule has 0 saturated heterocycles. The van der Waals surface area contributed by atoms with Gasteiger partial charge in [-0.3, -0.25) is 0 Å². The third-order valence-electron chi connectivity index (χ3n) is 6.42. The molecule has 1 aromatic rings. The molecular weight excluding hydrogens is 286 g/mol. The number of imidazole rings is 1. The van der Waals surface area contributed by atoms with Crippen molar-refractivity contribution in [3.05, 3.63) is 17.7 Å². The molecule has 0 aromatic carbocycles. The zero-order chi connectivity index (χ0) is 15.7. The minimum atomic E-state index is 0.448. The summed E-state index contributed by atoms with van der Waals surface area (Å²) >= 11 is 0. The lowest BCUT2D eigenvalue weighted by Gasteiger charge is -2.54. The van der Waals surface area contributed by atoms with Crippen LogP contribution in [-0.2, 0) is 24.1 Å². The molecule has 0 bridgehead atoms. The van der Waals surface area contributed by atoms with Crippen LogP contribution in [0.15, 0.2) is 6.20 Å². The Morgan fingerprint density at radius 3 is 2.96 bits per heavy atom. The maximum atomic E-state index is 6.01. The van der Waals surface area contributed by atoms with Gasteiger partial charge in [0.1, 0.15) is 5.82 Å². The van der Waals surface area contributed by atoms with Crippen molar-refractivity contribution in [3.63, 3.8) is 0 Å². The summed E-state index contributed by atoms with van der Waals surface area (Å²) in [5.41, 5.74) is 1.72. The van der Waals surface area contributed by atoms with Gasteiger partial charge in [-0.2, -0.15) is 0 Å². The number of rotatable bonds is 6. The van der Waals surface area contributed by atoms with Crippen molar-refractivity contribution >= 4 is 0 Å². The normalized spacial score (nSPS) is 28.7. The number of hydrogen-bond donors (Lipinski definition) is 1. The molecule has 1 aromatic heterocycles. The number of fused-ring (bicyclic) bond motifs is 1. The first-order valence-electron chi connectivity index (χ1n) is 9.72. The van der Waals surface area contributed by atoms with Crippen LogP contribution in [0.4, 0.5) is 0 Å². The predicted octanol–water partition coefficient (Wildman–Crippen LogP) is 3.09. The third-order valence-corrected chi connectivity index (χ3v) is 6.42. The standard InChI is InChI=1S/C19H31N3O/c1-2-23-17-13-16(19(17)9-4-5-10-19)20-11-8-15-14-22-12-6-3-7-18(22)21-15/h14,16-17,20H,2-13H2,1H3. The molecule has 2 fully saturated rings. The third kappa shape index (κ3) is 2.85. The first-order valence-corrected chi connectivity index (χ1v) is 9.72. The van der Waals surface area contributed by atoms with Crippen LogP contribution in [0.2, 0.25) is 0 Å². The second-order valence-electron chi connectivity index (χ2n) is 7.68. The molecule has 0 radical (unpaired) electrons. The molecule has 1 spiro atoms. The van der Waals surface area contributed by atoms with Crippen molar-refractivity contribution in [2.75, 3.05) is 13.2 Å². The summed E-state index contributed by atoms with van der Waals surface area (Å²) in [7, 11) is 0. The quantitative estimate of drug-likeness (QED) is 0.876. The smallest absolute Gasteiger partial charge is 0.108 e. The van der Waals surface area contributed by atoms with E-state index in [1.54, 1.807) is 0 Å². The van der Waals surface area contributed by atoms with Crippen molar-refractivity contribution in [1.29, 1.82) is 0 Å². The monoisotopic (exact) mass is 317 g/mol. The fraction of sp³-hybridized carbons (Fsp3) is 0.842. The fourth-order valence-corrected chi connectivity index (χ4v) is 5.14. The number of nitrogens with zero attached hydrogens (tertiary/aromatic N) is 2. The lowest BCUT2D eigenvalue weighted by molar-refractivity contribution is -0.130. The highest BCUT2D eigenvalue weighted by molar-refractivity contribution is 5.11. The van der Waals surface area contributed by atoms with Crippen LogP contribution in [0.1, 0.15) is 63.4 Å². The summed E-state index contributed by atoms with van der Waals surface area (Å²) in [5.74, 6) is 1.30. The lowest BCUT2D eigenvalue weighted by Crippen LogP contribution is -2.62. The van der Waals surface area contributed by atoms with Gasteiger partial charge in [0, 0.05) is 50.2 Å². The topological polar surface area (TPSA) is 39.1 Å². The average molecular weight is 317 g/mol. The SMILES string of the molecule is CCOC1CC(NCCc2cn3c(n2)CCCC3)C12CCCC2. The molecule has 1 aliphatic heterocycles. The van der Waals surface area contributed by atoms with E-state index in [1.165, 1.54) is 56.5 Å². The molecule has 1 N–H and O–H groups in total. The summed E-state index contributed by atoms with van der Waals surface area (Å²) in [6.07, 6.45) is 14.3. The van der Waals surface area contributed by atoms with Crippen LogP contribution in [0, 0.1) is 5.41 Å². The maximum Gasteiger partial charge on any atom is 0.108 e. The van der Waals surface area contributed by atoms with Gasteiger partial charge in [-0.25, -0.2) is 4.98 Å². The second kappa shape index (κ2) is 6.56. The summed E-state index contributed by atoms with van der Waals surface area (Å²) in [5, 5.41) is 3.84. The molecular formula is C19H31N3O. The largest absolute Gasteiger partial charge is 0.378 e. The summed E-state index contributed by atoms with van der Waals surface area (Å²) < 4.78 is 8.38. The van der Waals surface area contributed by atoms with E-state index in [4.69, 9.17) is 9.72 Å². The minimum Gasteiger partial charge on any atom is -0.378 e. The van der Waals surface area contributed by atoms with Crippen molar-refractivity contribution < 1.29 is 4.74 Å². The van der Waals surface area contributed by atoms with Gasteiger partial charge in [0.05, 0.1) is 11.8 Å². The molecule has 2 atom stereocenters. The number of ether oxygens (including phenoxy) is 1. The number of aryl methyl sites for hydroxylation is 2. The molecule has 0 amide bonds. The number of aromatic nitrogens is 2. The van der Waals surface area contributed by atoms with Crippen LogP contribution in [0.25, 0.3) is 0 Å². The minimum absolute atomic E-state index is 0.448.